The summed E-state index contributed by atoms with van der Waals surface area (Å²) in [7, 11) is 0. The zero-order chi connectivity index (χ0) is 13.8. The van der Waals surface area contributed by atoms with Gasteiger partial charge < -0.3 is 9.88 Å². The third-order valence-electron chi connectivity index (χ3n) is 2.96. The number of carbonyl (C=O) groups is 1. The number of nitrogens with one attached hydrogen (secondary N) is 1. The van der Waals surface area contributed by atoms with Gasteiger partial charge in [0.05, 0.1) is 5.75 Å². The van der Waals surface area contributed by atoms with Gasteiger partial charge in [-0.25, -0.2) is 0 Å². The van der Waals surface area contributed by atoms with E-state index in [0.717, 1.165) is 11.4 Å². The van der Waals surface area contributed by atoms with Crippen molar-refractivity contribution in [1.82, 2.24) is 4.57 Å². The van der Waals surface area contributed by atoms with Crippen LogP contribution in [-0.2, 0) is 4.79 Å². The minimum Gasteiger partial charge on any atom is -0.325 e. The van der Waals surface area contributed by atoms with Crippen molar-refractivity contribution in [2.75, 3.05) is 17.3 Å². The highest BCUT2D eigenvalue weighted by molar-refractivity contribution is 7.99. The highest BCUT2D eigenvalue weighted by atomic mass is 32.2. The van der Waals surface area contributed by atoms with Crippen LogP contribution in [0.15, 0.2) is 36.4 Å². The molecule has 1 N–H and O–H groups in total. The predicted molar refractivity (Wildman–Crippen MR) is 82.3 cm³/mol. The SMILES string of the molecule is CSCC(=O)Nc1ccc(-n2c(C)ccc2C)cc1. The number of aromatic nitrogens is 1. The fraction of sp³-hybridized carbons (Fsp3) is 0.267. The molecule has 1 aromatic heterocycles. The Morgan fingerprint density at radius 1 is 1.11 bits per heavy atom. The fourth-order valence-electron chi connectivity index (χ4n) is 2.10. The minimum absolute atomic E-state index is 0.0357. The van der Waals surface area contributed by atoms with Gasteiger partial charge in [-0.15, -0.1) is 0 Å². The second kappa shape index (κ2) is 5.97. The second-order valence-electron chi connectivity index (χ2n) is 4.48. The highest BCUT2D eigenvalue weighted by Gasteiger charge is 2.05. The van der Waals surface area contributed by atoms with Crippen LogP contribution in [0.3, 0.4) is 0 Å². The average molecular weight is 274 g/mol. The molecular weight excluding hydrogens is 256 g/mol. The number of nitrogens with zero attached hydrogens (tertiary/aromatic N) is 1. The number of rotatable bonds is 4. The monoisotopic (exact) mass is 274 g/mol. The molecule has 0 saturated heterocycles. The van der Waals surface area contributed by atoms with E-state index in [9.17, 15) is 4.79 Å². The summed E-state index contributed by atoms with van der Waals surface area (Å²) in [4.78, 5) is 11.5. The molecule has 19 heavy (non-hydrogen) atoms. The van der Waals surface area contributed by atoms with E-state index in [1.54, 1.807) is 0 Å². The topological polar surface area (TPSA) is 34.0 Å². The maximum Gasteiger partial charge on any atom is 0.234 e. The van der Waals surface area contributed by atoms with Gasteiger partial charge in [-0.3, -0.25) is 4.79 Å². The van der Waals surface area contributed by atoms with E-state index in [0.29, 0.717) is 5.75 Å². The molecule has 0 saturated carbocycles. The molecule has 1 heterocycles. The summed E-state index contributed by atoms with van der Waals surface area (Å²) in [5, 5.41) is 2.88. The molecule has 0 radical (unpaired) electrons. The molecule has 0 spiro atoms. The standard InChI is InChI=1S/C15H18N2OS/c1-11-4-5-12(2)17(11)14-8-6-13(7-9-14)16-15(18)10-19-3/h4-9H,10H2,1-3H3,(H,16,18). The van der Waals surface area contributed by atoms with E-state index in [1.807, 2.05) is 30.5 Å². The van der Waals surface area contributed by atoms with Gasteiger partial charge in [-0.05, 0) is 56.5 Å². The number of hydrogen-bond donors (Lipinski definition) is 1. The van der Waals surface area contributed by atoms with E-state index >= 15 is 0 Å². The molecular formula is C15H18N2OS. The molecule has 0 unspecified atom stereocenters. The van der Waals surface area contributed by atoms with Gasteiger partial charge in [0, 0.05) is 22.8 Å². The number of carbonyl (C=O) groups excluding carboxylic acids is 1. The van der Waals surface area contributed by atoms with E-state index in [4.69, 9.17) is 0 Å². The van der Waals surface area contributed by atoms with Crippen LogP contribution >= 0.6 is 11.8 Å². The first-order valence-corrected chi connectivity index (χ1v) is 7.55. The number of aryl methyl sites for hydroxylation is 2. The zero-order valence-electron chi connectivity index (χ0n) is 11.4. The van der Waals surface area contributed by atoms with Gasteiger partial charge >= 0.3 is 0 Å². The summed E-state index contributed by atoms with van der Waals surface area (Å²) in [6, 6.07) is 12.1. The van der Waals surface area contributed by atoms with E-state index in [2.05, 4.69) is 35.9 Å². The molecule has 4 heteroatoms. The molecule has 1 aromatic carbocycles. The Hall–Kier alpha value is -1.68. The molecule has 3 nitrogen and oxygen atoms in total. The van der Waals surface area contributed by atoms with Crippen LogP contribution in [0.25, 0.3) is 5.69 Å². The van der Waals surface area contributed by atoms with Crippen LogP contribution in [0, 0.1) is 13.8 Å². The fourth-order valence-corrected chi connectivity index (χ4v) is 2.43. The summed E-state index contributed by atoms with van der Waals surface area (Å²) < 4.78 is 2.19. The van der Waals surface area contributed by atoms with Crippen LogP contribution < -0.4 is 5.32 Å². The smallest absolute Gasteiger partial charge is 0.234 e. The van der Waals surface area contributed by atoms with Gasteiger partial charge in [0.2, 0.25) is 5.91 Å². The lowest BCUT2D eigenvalue weighted by molar-refractivity contribution is -0.113. The van der Waals surface area contributed by atoms with Crippen LogP contribution in [0.4, 0.5) is 5.69 Å². The van der Waals surface area contributed by atoms with Crippen molar-refractivity contribution in [2.24, 2.45) is 0 Å². The number of hydrogen-bond acceptors (Lipinski definition) is 2. The summed E-state index contributed by atoms with van der Waals surface area (Å²) in [6.07, 6.45) is 1.92. The maximum atomic E-state index is 11.5. The van der Waals surface area contributed by atoms with Crippen LogP contribution in [0.2, 0.25) is 0 Å². The van der Waals surface area contributed by atoms with Gasteiger partial charge in [0.15, 0.2) is 0 Å². The molecule has 0 aliphatic heterocycles. The molecule has 0 bridgehead atoms. The maximum absolute atomic E-state index is 11.5. The van der Waals surface area contributed by atoms with Gasteiger partial charge in [0.1, 0.15) is 0 Å². The average Bonchev–Trinajstić information content (AvgIpc) is 2.71. The molecule has 2 rings (SSSR count). The molecule has 2 aromatic rings. The molecule has 0 atom stereocenters. The largest absolute Gasteiger partial charge is 0.325 e. The van der Waals surface area contributed by atoms with Gasteiger partial charge in [-0.2, -0.15) is 11.8 Å². The molecule has 1 amide bonds. The molecule has 100 valence electrons. The first kappa shape index (κ1) is 13.7. The molecule has 0 fully saturated rings. The lowest BCUT2D eigenvalue weighted by Gasteiger charge is -2.10. The van der Waals surface area contributed by atoms with E-state index in [-0.39, 0.29) is 5.91 Å². The Kier molecular flexibility index (Phi) is 4.32. The third kappa shape index (κ3) is 3.20. The third-order valence-corrected chi connectivity index (χ3v) is 3.51. The lowest BCUT2D eigenvalue weighted by Crippen LogP contribution is -2.13. The predicted octanol–water partition coefficient (Wildman–Crippen LogP) is 3.40. The quantitative estimate of drug-likeness (QED) is 0.927. The normalized spacial score (nSPS) is 10.5. The first-order valence-electron chi connectivity index (χ1n) is 6.16. The highest BCUT2D eigenvalue weighted by Crippen LogP contribution is 2.18. The van der Waals surface area contributed by atoms with Crippen molar-refractivity contribution in [3.05, 3.63) is 47.8 Å². The number of thioether (sulfide) groups is 1. The molecule has 0 aliphatic rings. The number of amides is 1. The second-order valence-corrected chi connectivity index (χ2v) is 5.35. The van der Waals surface area contributed by atoms with Crippen LogP contribution in [0.5, 0.6) is 0 Å². The van der Waals surface area contributed by atoms with Crippen LogP contribution in [-0.4, -0.2) is 22.5 Å². The zero-order valence-corrected chi connectivity index (χ0v) is 12.3. The number of benzene rings is 1. The Labute approximate surface area is 118 Å². The van der Waals surface area contributed by atoms with Crippen molar-refractivity contribution in [2.45, 2.75) is 13.8 Å². The lowest BCUT2D eigenvalue weighted by atomic mass is 10.2. The minimum atomic E-state index is 0.0357. The van der Waals surface area contributed by atoms with E-state index in [1.165, 1.54) is 23.1 Å². The molecule has 0 aliphatic carbocycles. The first-order chi connectivity index (χ1) is 9.11. The Morgan fingerprint density at radius 2 is 1.68 bits per heavy atom. The van der Waals surface area contributed by atoms with Crippen molar-refractivity contribution in [3.63, 3.8) is 0 Å². The Morgan fingerprint density at radius 3 is 2.21 bits per heavy atom. The van der Waals surface area contributed by atoms with E-state index < -0.39 is 0 Å². The van der Waals surface area contributed by atoms with Crippen LogP contribution in [0.1, 0.15) is 11.4 Å². The van der Waals surface area contributed by atoms with Gasteiger partial charge in [0.25, 0.3) is 0 Å². The Balaban J connectivity index is 2.17. The van der Waals surface area contributed by atoms with Crippen molar-refractivity contribution in [3.8, 4) is 5.69 Å². The number of anilines is 1. The van der Waals surface area contributed by atoms with Crippen molar-refractivity contribution < 1.29 is 4.79 Å². The summed E-state index contributed by atoms with van der Waals surface area (Å²) in [5.41, 5.74) is 4.36. The Bertz CT molecular complexity index is 553. The summed E-state index contributed by atoms with van der Waals surface area (Å²) in [5.74, 6) is 0.519. The summed E-state index contributed by atoms with van der Waals surface area (Å²) >= 11 is 1.52. The van der Waals surface area contributed by atoms with Gasteiger partial charge in [-0.1, -0.05) is 0 Å². The van der Waals surface area contributed by atoms with Crippen molar-refractivity contribution >= 4 is 23.4 Å². The summed E-state index contributed by atoms with van der Waals surface area (Å²) in [6.45, 7) is 4.17. The van der Waals surface area contributed by atoms with Crippen molar-refractivity contribution in [1.29, 1.82) is 0 Å².